The van der Waals surface area contributed by atoms with Gasteiger partial charge in [0.05, 0.1) is 16.9 Å². The normalized spacial score (nSPS) is 17.7. The Balaban J connectivity index is 1.85. The van der Waals surface area contributed by atoms with Crippen LogP contribution in [0.2, 0.25) is 0 Å². The zero-order valence-corrected chi connectivity index (χ0v) is 15.7. The van der Waals surface area contributed by atoms with E-state index in [9.17, 15) is 14.0 Å². The first kappa shape index (κ1) is 18.7. The van der Waals surface area contributed by atoms with Crippen LogP contribution in [0.25, 0.3) is 0 Å². The summed E-state index contributed by atoms with van der Waals surface area (Å²) in [6.45, 7) is 6.41. The molecule has 0 spiro atoms. The minimum atomic E-state index is -0.552. The maximum Gasteiger partial charge on any atom is 0.407 e. The predicted molar refractivity (Wildman–Crippen MR) is 92.2 cm³/mol. The van der Waals surface area contributed by atoms with Gasteiger partial charge in [0.1, 0.15) is 11.4 Å². The molecule has 1 fully saturated rings. The molecule has 5 nitrogen and oxygen atoms in total. The van der Waals surface area contributed by atoms with Gasteiger partial charge in [0.25, 0.3) is 0 Å². The summed E-state index contributed by atoms with van der Waals surface area (Å²) in [5.41, 5.74) is 0.0772. The molecule has 0 bridgehead atoms. The Bertz CT molecular complexity index is 631. The molecule has 0 aromatic heterocycles. The minimum absolute atomic E-state index is 0.0785. The first-order chi connectivity index (χ1) is 11.1. The third-order valence-electron chi connectivity index (χ3n) is 3.60. The summed E-state index contributed by atoms with van der Waals surface area (Å²) in [6, 6.07) is 4.55. The first-order valence-corrected chi connectivity index (χ1v) is 8.64. The highest BCUT2D eigenvalue weighted by Crippen LogP contribution is 2.18. The predicted octanol–water partition coefficient (Wildman–Crippen LogP) is 3.26. The number of hydrogen-bond donors (Lipinski definition) is 1. The third kappa shape index (κ3) is 5.47. The topological polar surface area (TPSA) is 58.6 Å². The lowest BCUT2D eigenvalue weighted by atomic mass is 10.1. The molecule has 1 heterocycles. The molecule has 1 N–H and O–H groups in total. The summed E-state index contributed by atoms with van der Waals surface area (Å²) in [7, 11) is 0. The number of likely N-dealkylation sites (tertiary alicyclic amines) is 1. The maximum atomic E-state index is 13.5. The maximum absolute atomic E-state index is 13.5. The average Bonchev–Trinajstić information content (AvgIpc) is 2.89. The van der Waals surface area contributed by atoms with Crippen molar-refractivity contribution in [2.75, 3.05) is 13.1 Å². The fourth-order valence-corrected chi connectivity index (χ4v) is 2.76. The summed E-state index contributed by atoms with van der Waals surface area (Å²) in [6.07, 6.45) is 0.347. The van der Waals surface area contributed by atoms with Crippen molar-refractivity contribution in [2.45, 2.75) is 45.3 Å². The Hall–Kier alpha value is -1.63. The quantitative estimate of drug-likeness (QED) is 0.846. The molecule has 0 saturated carbocycles. The van der Waals surface area contributed by atoms with E-state index in [1.54, 1.807) is 37.8 Å². The van der Waals surface area contributed by atoms with Crippen molar-refractivity contribution >= 4 is 27.9 Å². The lowest BCUT2D eigenvalue weighted by Gasteiger charge is -2.22. The van der Waals surface area contributed by atoms with Crippen LogP contribution < -0.4 is 5.32 Å². The van der Waals surface area contributed by atoms with E-state index in [1.807, 2.05) is 0 Å². The van der Waals surface area contributed by atoms with E-state index in [0.717, 1.165) is 0 Å². The number of nitrogens with zero attached hydrogens (tertiary/aromatic N) is 1. The van der Waals surface area contributed by atoms with Crippen molar-refractivity contribution < 1.29 is 18.7 Å². The smallest absolute Gasteiger partial charge is 0.407 e. The monoisotopic (exact) mass is 400 g/mol. The highest BCUT2D eigenvalue weighted by molar-refractivity contribution is 9.10. The van der Waals surface area contributed by atoms with Crippen molar-refractivity contribution in [3.05, 3.63) is 34.1 Å². The van der Waals surface area contributed by atoms with Gasteiger partial charge in [-0.3, -0.25) is 4.79 Å². The van der Waals surface area contributed by atoms with Gasteiger partial charge < -0.3 is 15.0 Å². The zero-order chi connectivity index (χ0) is 17.9. The molecule has 24 heavy (non-hydrogen) atoms. The van der Waals surface area contributed by atoms with Crippen LogP contribution in [0.15, 0.2) is 22.7 Å². The number of carbonyl (C=O) groups excluding carboxylic acids is 2. The molecular weight excluding hydrogens is 379 g/mol. The van der Waals surface area contributed by atoms with Crippen LogP contribution >= 0.6 is 15.9 Å². The fraction of sp³-hybridized carbons (Fsp3) is 0.529. The molecule has 1 saturated heterocycles. The molecule has 2 rings (SSSR count). The van der Waals surface area contributed by atoms with Crippen molar-refractivity contribution in [1.29, 1.82) is 0 Å². The van der Waals surface area contributed by atoms with Gasteiger partial charge in [-0.1, -0.05) is 6.07 Å². The zero-order valence-electron chi connectivity index (χ0n) is 14.1. The van der Waals surface area contributed by atoms with Gasteiger partial charge in [0, 0.05) is 13.1 Å². The number of hydrogen-bond acceptors (Lipinski definition) is 3. The Morgan fingerprint density at radius 2 is 2.12 bits per heavy atom. The van der Waals surface area contributed by atoms with E-state index in [2.05, 4.69) is 21.2 Å². The number of carbonyl (C=O) groups is 2. The summed E-state index contributed by atoms with van der Waals surface area (Å²) >= 11 is 3.09. The van der Waals surface area contributed by atoms with E-state index in [0.29, 0.717) is 29.5 Å². The first-order valence-electron chi connectivity index (χ1n) is 7.85. The second-order valence-electron chi connectivity index (χ2n) is 6.90. The van der Waals surface area contributed by atoms with Crippen LogP contribution in [0.1, 0.15) is 32.8 Å². The SMILES string of the molecule is CC(C)(C)OC(=O)N[C@H]1CCN(C(=O)Cc2ccc(Br)c(F)c2)C1. The summed E-state index contributed by atoms with van der Waals surface area (Å²) in [5.74, 6) is -0.462. The number of benzene rings is 1. The Labute approximate surface area is 149 Å². The number of amides is 2. The third-order valence-corrected chi connectivity index (χ3v) is 4.24. The van der Waals surface area contributed by atoms with Crippen molar-refractivity contribution in [3.63, 3.8) is 0 Å². The highest BCUT2D eigenvalue weighted by atomic mass is 79.9. The number of nitrogens with one attached hydrogen (secondary N) is 1. The van der Waals surface area contributed by atoms with Crippen molar-refractivity contribution in [2.24, 2.45) is 0 Å². The molecule has 1 aliphatic heterocycles. The van der Waals surface area contributed by atoms with Crippen molar-refractivity contribution in [1.82, 2.24) is 10.2 Å². The van der Waals surface area contributed by atoms with Gasteiger partial charge in [-0.25, -0.2) is 9.18 Å². The molecule has 1 atom stereocenters. The summed E-state index contributed by atoms with van der Waals surface area (Å²) in [5, 5.41) is 2.78. The summed E-state index contributed by atoms with van der Waals surface area (Å²) < 4.78 is 19.1. The molecule has 132 valence electrons. The van der Waals surface area contributed by atoms with Crippen LogP contribution in [0, 0.1) is 5.82 Å². The largest absolute Gasteiger partial charge is 0.444 e. The molecule has 0 radical (unpaired) electrons. The van der Waals surface area contributed by atoms with Crippen LogP contribution in [-0.2, 0) is 16.0 Å². The van der Waals surface area contributed by atoms with E-state index in [-0.39, 0.29) is 24.2 Å². The van der Waals surface area contributed by atoms with Crippen LogP contribution in [-0.4, -0.2) is 41.6 Å². The molecule has 1 aromatic carbocycles. The van der Waals surface area contributed by atoms with Crippen LogP contribution in [0.3, 0.4) is 0 Å². The van der Waals surface area contributed by atoms with Gasteiger partial charge in [-0.05, 0) is 60.8 Å². The highest BCUT2D eigenvalue weighted by Gasteiger charge is 2.28. The van der Waals surface area contributed by atoms with Gasteiger partial charge in [-0.2, -0.15) is 0 Å². The van der Waals surface area contributed by atoms with E-state index in [1.165, 1.54) is 6.07 Å². The van der Waals surface area contributed by atoms with Gasteiger partial charge in [-0.15, -0.1) is 0 Å². The fourth-order valence-electron chi connectivity index (χ4n) is 2.51. The lowest BCUT2D eigenvalue weighted by molar-refractivity contribution is -0.129. The standard InChI is InChI=1S/C17H22BrFN2O3/c1-17(2,3)24-16(23)20-12-6-7-21(10-12)15(22)9-11-4-5-13(18)14(19)8-11/h4-5,8,12H,6-7,9-10H2,1-3H3,(H,20,23)/t12-/m0/s1. The van der Waals surface area contributed by atoms with Gasteiger partial charge in [0.2, 0.25) is 5.91 Å². The molecule has 7 heteroatoms. The second-order valence-corrected chi connectivity index (χ2v) is 7.75. The average molecular weight is 401 g/mol. The molecule has 0 unspecified atom stereocenters. The molecule has 2 amide bonds. The van der Waals surface area contributed by atoms with E-state index >= 15 is 0 Å². The Morgan fingerprint density at radius 3 is 2.75 bits per heavy atom. The number of ether oxygens (including phenoxy) is 1. The molecule has 1 aromatic rings. The summed E-state index contributed by atoms with van der Waals surface area (Å²) in [4.78, 5) is 25.8. The lowest BCUT2D eigenvalue weighted by Crippen LogP contribution is -2.41. The Morgan fingerprint density at radius 1 is 1.42 bits per heavy atom. The van der Waals surface area contributed by atoms with Crippen LogP contribution in [0.5, 0.6) is 0 Å². The number of halogens is 2. The minimum Gasteiger partial charge on any atom is -0.444 e. The van der Waals surface area contributed by atoms with Gasteiger partial charge in [0.15, 0.2) is 0 Å². The van der Waals surface area contributed by atoms with Crippen molar-refractivity contribution in [3.8, 4) is 0 Å². The van der Waals surface area contributed by atoms with Gasteiger partial charge >= 0.3 is 6.09 Å². The molecule has 1 aliphatic rings. The molecular formula is C17H22BrFN2O3. The molecule has 0 aliphatic carbocycles. The number of rotatable bonds is 3. The van der Waals surface area contributed by atoms with E-state index < -0.39 is 11.7 Å². The number of alkyl carbamates (subject to hydrolysis) is 1. The van der Waals surface area contributed by atoms with E-state index in [4.69, 9.17) is 4.74 Å². The second kappa shape index (κ2) is 7.51. The Kier molecular flexibility index (Phi) is 5.85. The van der Waals surface area contributed by atoms with Crippen LogP contribution in [0.4, 0.5) is 9.18 Å².